The molecule has 0 fully saturated rings. The van der Waals surface area contributed by atoms with Crippen molar-refractivity contribution in [1.29, 1.82) is 0 Å². The van der Waals surface area contributed by atoms with Crippen LogP contribution in [0.25, 0.3) is 0 Å². The summed E-state index contributed by atoms with van der Waals surface area (Å²) in [5.74, 6) is 0.0852. The second-order valence-corrected chi connectivity index (χ2v) is 4.41. The van der Waals surface area contributed by atoms with Crippen molar-refractivity contribution in [3.05, 3.63) is 30.1 Å². The third kappa shape index (κ3) is 3.79. The van der Waals surface area contributed by atoms with E-state index in [1.807, 2.05) is 12.1 Å². The maximum absolute atomic E-state index is 10.5. The van der Waals surface area contributed by atoms with Crippen LogP contribution in [0.3, 0.4) is 0 Å². The molecular formula is C10H13NO2S. The third-order valence-electron chi connectivity index (χ3n) is 1.86. The van der Waals surface area contributed by atoms with Gasteiger partial charge in [-0.05, 0) is 36.8 Å². The average molecular weight is 211 g/mol. The Morgan fingerprint density at radius 1 is 1.57 bits per heavy atom. The van der Waals surface area contributed by atoms with Crippen molar-refractivity contribution >= 4 is 17.7 Å². The van der Waals surface area contributed by atoms with Gasteiger partial charge in [0.15, 0.2) is 0 Å². The number of carbonyl (C=O) groups is 1. The van der Waals surface area contributed by atoms with Gasteiger partial charge in [0.05, 0.1) is 5.25 Å². The first-order valence-electron chi connectivity index (χ1n) is 4.43. The summed E-state index contributed by atoms with van der Waals surface area (Å²) >= 11 is 1.46. The Labute approximate surface area is 87.6 Å². The quantitative estimate of drug-likeness (QED) is 0.807. The molecule has 1 aromatic rings. The Bertz CT molecular complexity index is 289. The Balaban J connectivity index is 2.26. The molecule has 0 spiro atoms. The maximum Gasteiger partial charge on any atom is 0.316 e. The van der Waals surface area contributed by atoms with Gasteiger partial charge in [0, 0.05) is 12.4 Å². The van der Waals surface area contributed by atoms with E-state index < -0.39 is 5.97 Å². The van der Waals surface area contributed by atoms with E-state index in [9.17, 15) is 4.79 Å². The lowest BCUT2D eigenvalue weighted by Gasteiger charge is -2.05. The lowest BCUT2D eigenvalue weighted by molar-refractivity contribution is -0.136. The van der Waals surface area contributed by atoms with Crippen LogP contribution < -0.4 is 0 Å². The first-order valence-corrected chi connectivity index (χ1v) is 5.48. The lowest BCUT2D eigenvalue weighted by atomic mass is 10.2. The standard InChI is InChI=1S/C10H13NO2S/c1-8(10(12)13)14-7-4-9-2-5-11-6-3-9/h2-3,5-6,8H,4,7H2,1H3,(H,12,13)/t8-/m0/s1. The molecule has 14 heavy (non-hydrogen) atoms. The number of aliphatic carboxylic acids is 1. The number of rotatable bonds is 5. The lowest BCUT2D eigenvalue weighted by Crippen LogP contribution is -2.12. The summed E-state index contributed by atoms with van der Waals surface area (Å²) < 4.78 is 0. The van der Waals surface area contributed by atoms with E-state index in [2.05, 4.69) is 4.98 Å². The second kappa shape index (κ2) is 5.65. The molecule has 4 heteroatoms. The normalized spacial score (nSPS) is 12.4. The van der Waals surface area contributed by atoms with Crippen LogP contribution in [0.1, 0.15) is 12.5 Å². The molecule has 1 rings (SSSR count). The molecule has 0 bridgehead atoms. The summed E-state index contributed by atoms with van der Waals surface area (Å²) in [4.78, 5) is 14.4. The van der Waals surface area contributed by atoms with Crippen LogP contribution in [0.2, 0.25) is 0 Å². The van der Waals surface area contributed by atoms with Gasteiger partial charge < -0.3 is 5.11 Å². The molecule has 0 amide bonds. The summed E-state index contributed by atoms with van der Waals surface area (Å²) in [7, 11) is 0. The molecule has 1 heterocycles. The second-order valence-electron chi connectivity index (χ2n) is 2.96. The number of nitrogens with zero attached hydrogens (tertiary/aromatic N) is 1. The molecule has 0 radical (unpaired) electrons. The van der Waals surface area contributed by atoms with Crippen molar-refractivity contribution in [2.45, 2.75) is 18.6 Å². The van der Waals surface area contributed by atoms with Gasteiger partial charge in [-0.1, -0.05) is 0 Å². The molecule has 0 aliphatic heterocycles. The Kier molecular flexibility index (Phi) is 4.46. The summed E-state index contributed by atoms with van der Waals surface area (Å²) in [5, 5.41) is 8.33. The van der Waals surface area contributed by atoms with E-state index in [-0.39, 0.29) is 5.25 Å². The topological polar surface area (TPSA) is 50.2 Å². The number of aromatic nitrogens is 1. The molecule has 0 aliphatic rings. The molecule has 0 saturated carbocycles. The average Bonchev–Trinajstić information content (AvgIpc) is 2.19. The van der Waals surface area contributed by atoms with Gasteiger partial charge in [-0.15, -0.1) is 11.8 Å². The number of hydrogen-bond donors (Lipinski definition) is 1. The number of pyridine rings is 1. The molecule has 0 aromatic carbocycles. The van der Waals surface area contributed by atoms with Crippen molar-refractivity contribution in [2.75, 3.05) is 5.75 Å². The van der Waals surface area contributed by atoms with Gasteiger partial charge in [0.2, 0.25) is 0 Å². The number of carboxylic acid groups (broad SMARTS) is 1. The van der Waals surface area contributed by atoms with Crippen LogP contribution in [-0.4, -0.2) is 27.1 Å². The number of aryl methyl sites for hydroxylation is 1. The van der Waals surface area contributed by atoms with E-state index in [0.717, 1.165) is 12.2 Å². The van der Waals surface area contributed by atoms with Gasteiger partial charge in [-0.3, -0.25) is 9.78 Å². The fourth-order valence-corrected chi connectivity index (χ4v) is 1.82. The van der Waals surface area contributed by atoms with Gasteiger partial charge in [0.25, 0.3) is 0 Å². The fraction of sp³-hybridized carbons (Fsp3) is 0.400. The first kappa shape index (κ1) is 11.0. The van der Waals surface area contributed by atoms with Gasteiger partial charge >= 0.3 is 5.97 Å². The minimum atomic E-state index is -0.746. The summed E-state index contributed by atoms with van der Waals surface area (Å²) in [6.07, 6.45) is 4.39. The molecule has 3 nitrogen and oxygen atoms in total. The molecular weight excluding hydrogens is 198 g/mol. The predicted molar refractivity (Wildman–Crippen MR) is 57.5 cm³/mol. The third-order valence-corrected chi connectivity index (χ3v) is 3.00. The van der Waals surface area contributed by atoms with E-state index >= 15 is 0 Å². The van der Waals surface area contributed by atoms with Crippen LogP contribution in [0.5, 0.6) is 0 Å². The van der Waals surface area contributed by atoms with Crippen LogP contribution in [0.4, 0.5) is 0 Å². The number of carboxylic acids is 1. The van der Waals surface area contributed by atoms with E-state index in [1.165, 1.54) is 17.3 Å². The maximum atomic E-state index is 10.5. The molecule has 1 aromatic heterocycles. The Morgan fingerprint density at radius 3 is 2.79 bits per heavy atom. The summed E-state index contributed by atoms with van der Waals surface area (Å²) in [6, 6.07) is 3.90. The Hall–Kier alpha value is -1.03. The zero-order chi connectivity index (χ0) is 10.4. The fourth-order valence-electron chi connectivity index (χ4n) is 0.974. The highest BCUT2D eigenvalue weighted by molar-refractivity contribution is 8.00. The van der Waals surface area contributed by atoms with Crippen LogP contribution in [0, 0.1) is 0 Å². The number of thioether (sulfide) groups is 1. The molecule has 0 unspecified atom stereocenters. The highest BCUT2D eigenvalue weighted by Gasteiger charge is 2.10. The highest BCUT2D eigenvalue weighted by Crippen LogP contribution is 2.12. The van der Waals surface area contributed by atoms with Crippen molar-refractivity contribution in [3.8, 4) is 0 Å². The van der Waals surface area contributed by atoms with Crippen LogP contribution in [0.15, 0.2) is 24.5 Å². The SMILES string of the molecule is C[C@H](SCCc1ccncc1)C(=O)O. The zero-order valence-corrected chi connectivity index (χ0v) is 8.83. The van der Waals surface area contributed by atoms with Crippen molar-refractivity contribution in [2.24, 2.45) is 0 Å². The van der Waals surface area contributed by atoms with Crippen molar-refractivity contribution in [1.82, 2.24) is 4.98 Å². The minimum absolute atomic E-state index is 0.322. The summed E-state index contributed by atoms with van der Waals surface area (Å²) in [5.41, 5.74) is 1.20. The van der Waals surface area contributed by atoms with Crippen LogP contribution >= 0.6 is 11.8 Å². The van der Waals surface area contributed by atoms with Crippen molar-refractivity contribution < 1.29 is 9.90 Å². The first-order chi connectivity index (χ1) is 6.70. The van der Waals surface area contributed by atoms with E-state index in [1.54, 1.807) is 19.3 Å². The van der Waals surface area contributed by atoms with E-state index in [0.29, 0.717) is 0 Å². The van der Waals surface area contributed by atoms with Gasteiger partial charge in [-0.2, -0.15) is 0 Å². The molecule has 0 aliphatic carbocycles. The highest BCUT2D eigenvalue weighted by atomic mass is 32.2. The largest absolute Gasteiger partial charge is 0.480 e. The number of hydrogen-bond acceptors (Lipinski definition) is 3. The van der Waals surface area contributed by atoms with Gasteiger partial charge in [0.1, 0.15) is 0 Å². The monoisotopic (exact) mass is 211 g/mol. The summed E-state index contributed by atoms with van der Waals surface area (Å²) in [6.45, 7) is 1.71. The Morgan fingerprint density at radius 2 is 2.21 bits per heavy atom. The predicted octanol–water partition coefficient (Wildman–Crippen LogP) is 1.83. The minimum Gasteiger partial charge on any atom is -0.480 e. The van der Waals surface area contributed by atoms with Crippen LogP contribution in [-0.2, 0) is 11.2 Å². The molecule has 76 valence electrons. The smallest absolute Gasteiger partial charge is 0.316 e. The van der Waals surface area contributed by atoms with E-state index in [4.69, 9.17) is 5.11 Å². The van der Waals surface area contributed by atoms with Crippen molar-refractivity contribution in [3.63, 3.8) is 0 Å². The molecule has 0 saturated heterocycles. The molecule has 1 atom stereocenters. The van der Waals surface area contributed by atoms with Gasteiger partial charge in [-0.25, -0.2) is 0 Å². The molecule has 1 N–H and O–H groups in total. The zero-order valence-electron chi connectivity index (χ0n) is 8.01.